The molecule has 0 saturated heterocycles. The largest absolute Gasteiger partial charge is 0.353 e. The lowest BCUT2D eigenvalue weighted by Gasteiger charge is -2.01. The molecule has 0 aliphatic rings. The number of nitrogens with two attached hydrogens (primary N) is 1. The zero-order valence-corrected chi connectivity index (χ0v) is 10.5. The van der Waals surface area contributed by atoms with Gasteiger partial charge in [0.25, 0.3) is 0 Å². The fraction of sp³-hybridized carbons (Fsp3) is 0.182. The van der Waals surface area contributed by atoms with Crippen molar-refractivity contribution in [3.8, 4) is 0 Å². The normalized spacial score (nSPS) is 11.7. The number of primary sulfonamides is 1. The van der Waals surface area contributed by atoms with E-state index in [2.05, 4.69) is 5.32 Å². The van der Waals surface area contributed by atoms with Crippen LogP contribution in [-0.4, -0.2) is 20.9 Å². The van der Waals surface area contributed by atoms with Crippen LogP contribution in [0, 0.1) is 5.82 Å². The van der Waals surface area contributed by atoms with Crippen LogP contribution in [0.2, 0.25) is 0 Å². The minimum Gasteiger partial charge on any atom is -0.353 e. The zero-order valence-electron chi connectivity index (χ0n) is 9.68. The molecule has 98 valence electrons. The molecule has 1 aromatic rings. The second-order valence-electron chi connectivity index (χ2n) is 3.57. The maximum atomic E-state index is 13.5. The van der Waals surface area contributed by atoms with Crippen LogP contribution in [-0.2, 0) is 14.8 Å². The van der Waals surface area contributed by atoms with Gasteiger partial charge in [-0.3, -0.25) is 4.79 Å². The number of rotatable bonds is 4. The summed E-state index contributed by atoms with van der Waals surface area (Å²) < 4.78 is 35.5. The van der Waals surface area contributed by atoms with Gasteiger partial charge in [-0.1, -0.05) is 18.2 Å². The van der Waals surface area contributed by atoms with Crippen molar-refractivity contribution in [3.63, 3.8) is 0 Å². The molecule has 0 fully saturated rings. The number of carbonyl (C=O) groups excluding carboxylic acids is 1. The average Bonchev–Trinajstić information content (AvgIpc) is 2.24. The van der Waals surface area contributed by atoms with E-state index in [1.165, 1.54) is 25.1 Å². The molecule has 0 aliphatic heterocycles. The van der Waals surface area contributed by atoms with Crippen molar-refractivity contribution < 1.29 is 17.6 Å². The number of hydrogen-bond donors (Lipinski definition) is 2. The lowest BCUT2D eigenvalue weighted by Crippen LogP contribution is -2.19. The number of nitrogens with one attached hydrogen (secondary N) is 1. The summed E-state index contributed by atoms with van der Waals surface area (Å²) in [5.74, 6) is -0.884. The standard InChI is InChI=1S/C11H13FN2O3S/c1-8(15)14-6-2-3-9-4-5-10(7-11(9)12)18(13,16)17/h2-5,7H,6H2,1H3,(H,14,15)(H2,13,16,17). The summed E-state index contributed by atoms with van der Waals surface area (Å²) >= 11 is 0. The summed E-state index contributed by atoms with van der Waals surface area (Å²) in [5.41, 5.74) is 0.216. The van der Waals surface area contributed by atoms with Crippen LogP contribution in [0.15, 0.2) is 29.2 Å². The first-order valence-electron chi connectivity index (χ1n) is 5.04. The molecule has 0 aliphatic carbocycles. The van der Waals surface area contributed by atoms with E-state index in [0.717, 1.165) is 6.07 Å². The van der Waals surface area contributed by atoms with Gasteiger partial charge in [-0.05, 0) is 12.1 Å². The molecule has 3 N–H and O–H groups in total. The Labute approximate surface area is 105 Å². The Morgan fingerprint density at radius 2 is 2.17 bits per heavy atom. The molecule has 0 spiro atoms. The summed E-state index contributed by atoms with van der Waals surface area (Å²) in [4.78, 5) is 10.3. The number of amides is 1. The first-order valence-corrected chi connectivity index (χ1v) is 6.58. The van der Waals surface area contributed by atoms with Gasteiger partial charge in [0.15, 0.2) is 0 Å². The molecule has 0 unspecified atom stereocenters. The number of sulfonamides is 1. The second-order valence-corrected chi connectivity index (χ2v) is 5.13. The van der Waals surface area contributed by atoms with E-state index in [1.807, 2.05) is 0 Å². The van der Waals surface area contributed by atoms with Gasteiger partial charge in [0, 0.05) is 19.0 Å². The molecule has 5 nitrogen and oxygen atoms in total. The number of benzene rings is 1. The van der Waals surface area contributed by atoms with Crippen molar-refractivity contribution in [2.75, 3.05) is 6.54 Å². The summed E-state index contributed by atoms with van der Waals surface area (Å²) in [6, 6.07) is 3.38. The van der Waals surface area contributed by atoms with Crippen molar-refractivity contribution >= 4 is 22.0 Å². The van der Waals surface area contributed by atoms with Gasteiger partial charge in [-0.2, -0.15) is 0 Å². The van der Waals surface area contributed by atoms with E-state index in [-0.39, 0.29) is 22.9 Å². The molecular weight excluding hydrogens is 259 g/mol. The molecule has 0 radical (unpaired) electrons. The van der Waals surface area contributed by atoms with Gasteiger partial charge < -0.3 is 5.32 Å². The van der Waals surface area contributed by atoms with Crippen molar-refractivity contribution in [1.82, 2.24) is 5.32 Å². The molecule has 1 rings (SSSR count). The Hall–Kier alpha value is -1.73. The SMILES string of the molecule is CC(=O)NCC=Cc1ccc(S(N)(=O)=O)cc1F. The summed E-state index contributed by atoms with van der Waals surface area (Å²) in [5, 5.41) is 7.38. The first-order chi connectivity index (χ1) is 8.30. The molecule has 0 saturated carbocycles. The predicted octanol–water partition coefficient (Wildman–Crippen LogP) is 0.622. The predicted molar refractivity (Wildman–Crippen MR) is 65.5 cm³/mol. The van der Waals surface area contributed by atoms with Crippen LogP contribution in [0.3, 0.4) is 0 Å². The summed E-state index contributed by atoms with van der Waals surface area (Å²) in [7, 11) is -3.90. The van der Waals surface area contributed by atoms with Crippen LogP contribution in [0.1, 0.15) is 12.5 Å². The van der Waals surface area contributed by atoms with E-state index in [0.29, 0.717) is 0 Å². The number of hydrogen-bond acceptors (Lipinski definition) is 3. The topological polar surface area (TPSA) is 89.3 Å². The molecule has 0 atom stereocenters. The van der Waals surface area contributed by atoms with Gasteiger partial charge in [-0.15, -0.1) is 0 Å². The average molecular weight is 272 g/mol. The highest BCUT2D eigenvalue weighted by Crippen LogP contribution is 2.14. The Kier molecular flexibility index (Phi) is 4.57. The monoisotopic (exact) mass is 272 g/mol. The maximum absolute atomic E-state index is 13.5. The van der Waals surface area contributed by atoms with Gasteiger partial charge in [0.1, 0.15) is 5.82 Å². The maximum Gasteiger partial charge on any atom is 0.238 e. The van der Waals surface area contributed by atoms with Crippen molar-refractivity contribution in [1.29, 1.82) is 0 Å². The van der Waals surface area contributed by atoms with E-state index >= 15 is 0 Å². The minimum absolute atomic E-state index is 0.190. The van der Waals surface area contributed by atoms with Gasteiger partial charge in [-0.25, -0.2) is 17.9 Å². The Morgan fingerprint density at radius 1 is 1.50 bits per heavy atom. The van der Waals surface area contributed by atoms with Crippen LogP contribution < -0.4 is 10.5 Å². The molecule has 1 amide bonds. The highest BCUT2D eigenvalue weighted by Gasteiger charge is 2.10. The molecule has 7 heteroatoms. The van der Waals surface area contributed by atoms with Crippen LogP contribution in [0.4, 0.5) is 4.39 Å². The summed E-state index contributed by atoms with van der Waals surface area (Å²) in [6.07, 6.45) is 2.99. The molecule has 0 aromatic heterocycles. The third kappa shape index (κ3) is 4.27. The van der Waals surface area contributed by atoms with E-state index in [1.54, 1.807) is 6.08 Å². The fourth-order valence-electron chi connectivity index (χ4n) is 1.21. The number of halogens is 1. The second kappa shape index (κ2) is 5.74. The van der Waals surface area contributed by atoms with Crippen molar-refractivity contribution in [2.24, 2.45) is 5.14 Å². The highest BCUT2D eigenvalue weighted by atomic mass is 32.2. The van der Waals surface area contributed by atoms with Crippen molar-refractivity contribution in [2.45, 2.75) is 11.8 Å². The lowest BCUT2D eigenvalue weighted by molar-refractivity contribution is -0.118. The lowest BCUT2D eigenvalue weighted by atomic mass is 10.2. The first kappa shape index (κ1) is 14.3. The van der Waals surface area contributed by atoms with Gasteiger partial charge >= 0.3 is 0 Å². The third-order valence-corrected chi connectivity index (χ3v) is 2.98. The van der Waals surface area contributed by atoms with Crippen molar-refractivity contribution in [3.05, 3.63) is 35.7 Å². The molecule has 1 aromatic carbocycles. The van der Waals surface area contributed by atoms with Crippen LogP contribution >= 0.6 is 0 Å². The smallest absolute Gasteiger partial charge is 0.238 e. The van der Waals surface area contributed by atoms with Crippen LogP contribution in [0.5, 0.6) is 0 Å². The molecule has 0 bridgehead atoms. The molecule has 0 heterocycles. The van der Waals surface area contributed by atoms with Gasteiger partial charge in [0.05, 0.1) is 4.90 Å². The fourth-order valence-corrected chi connectivity index (χ4v) is 1.73. The minimum atomic E-state index is -3.90. The Bertz CT molecular complexity index is 582. The highest BCUT2D eigenvalue weighted by molar-refractivity contribution is 7.89. The van der Waals surface area contributed by atoms with Gasteiger partial charge in [0.2, 0.25) is 15.9 Å². The van der Waals surface area contributed by atoms with E-state index < -0.39 is 15.8 Å². The molecule has 18 heavy (non-hydrogen) atoms. The quantitative estimate of drug-likeness (QED) is 0.842. The zero-order chi connectivity index (χ0) is 13.8. The Morgan fingerprint density at radius 3 is 2.67 bits per heavy atom. The van der Waals surface area contributed by atoms with E-state index in [4.69, 9.17) is 5.14 Å². The summed E-state index contributed by atoms with van der Waals surface area (Å²) in [6.45, 7) is 1.64. The third-order valence-electron chi connectivity index (χ3n) is 2.07. The molecular formula is C11H13FN2O3S. The van der Waals surface area contributed by atoms with E-state index in [9.17, 15) is 17.6 Å². The Balaban J connectivity index is 2.84. The number of carbonyl (C=O) groups is 1. The van der Waals surface area contributed by atoms with Crippen LogP contribution in [0.25, 0.3) is 6.08 Å².